The quantitative estimate of drug-likeness (QED) is 0.769. The molecular weight excluding hydrogens is 209 g/mol. The summed E-state index contributed by atoms with van der Waals surface area (Å²) >= 11 is 0. The molecule has 0 saturated heterocycles. The number of hydrogen-bond acceptors (Lipinski definition) is 4. The van der Waals surface area contributed by atoms with Crippen LogP contribution >= 0.6 is 0 Å². The summed E-state index contributed by atoms with van der Waals surface area (Å²) in [7, 11) is -2.03. The Bertz CT molecular complexity index is 284. The van der Waals surface area contributed by atoms with Gasteiger partial charge in [0.25, 0.3) is 0 Å². The SMILES string of the molecule is O=S(Cc1nn[nH]n1)CC(F)(F)F. The van der Waals surface area contributed by atoms with Crippen molar-refractivity contribution in [3.63, 3.8) is 0 Å². The maximum Gasteiger partial charge on any atom is 0.400 e. The van der Waals surface area contributed by atoms with Gasteiger partial charge in [0.1, 0.15) is 5.75 Å². The van der Waals surface area contributed by atoms with Crippen molar-refractivity contribution in [2.75, 3.05) is 5.75 Å². The lowest BCUT2D eigenvalue weighted by Gasteiger charge is -2.03. The Balaban J connectivity index is 2.43. The van der Waals surface area contributed by atoms with E-state index in [-0.39, 0.29) is 11.6 Å². The number of nitrogens with zero attached hydrogens (tertiary/aromatic N) is 3. The summed E-state index contributed by atoms with van der Waals surface area (Å²) in [5.41, 5.74) is 0. The second-order valence-corrected chi connectivity index (χ2v) is 3.63. The van der Waals surface area contributed by atoms with Crippen molar-refractivity contribution >= 4 is 10.8 Å². The minimum atomic E-state index is -4.42. The number of aromatic nitrogens is 4. The molecule has 0 aromatic carbocycles. The Morgan fingerprint density at radius 1 is 1.46 bits per heavy atom. The summed E-state index contributed by atoms with van der Waals surface area (Å²) in [5, 5.41) is 11.9. The van der Waals surface area contributed by atoms with Crippen LogP contribution in [0.5, 0.6) is 0 Å². The van der Waals surface area contributed by atoms with Crippen LogP contribution < -0.4 is 0 Å². The molecule has 9 heteroatoms. The minimum absolute atomic E-state index is 0.0163. The molecule has 0 fully saturated rings. The van der Waals surface area contributed by atoms with Crippen molar-refractivity contribution in [2.24, 2.45) is 0 Å². The third-order valence-electron chi connectivity index (χ3n) is 1.00. The van der Waals surface area contributed by atoms with Crippen LogP contribution in [0.3, 0.4) is 0 Å². The van der Waals surface area contributed by atoms with Crippen molar-refractivity contribution in [3.05, 3.63) is 5.82 Å². The van der Waals surface area contributed by atoms with Gasteiger partial charge in [0.2, 0.25) is 0 Å². The molecule has 0 amide bonds. The molecule has 1 aromatic rings. The first-order chi connectivity index (χ1) is 5.97. The first kappa shape index (κ1) is 10.1. The predicted molar refractivity (Wildman–Crippen MR) is 36.9 cm³/mol. The Morgan fingerprint density at radius 3 is 2.62 bits per heavy atom. The van der Waals surface area contributed by atoms with Gasteiger partial charge in [0.05, 0.1) is 5.75 Å². The van der Waals surface area contributed by atoms with Crippen LogP contribution in [0.4, 0.5) is 13.2 Å². The molecule has 1 aromatic heterocycles. The zero-order valence-corrected chi connectivity index (χ0v) is 7.02. The highest BCUT2D eigenvalue weighted by Crippen LogP contribution is 2.16. The van der Waals surface area contributed by atoms with Crippen LogP contribution in [0.2, 0.25) is 0 Å². The molecule has 1 unspecified atom stereocenters. The molecule has 0 aliphatic rings. The molecule has 5 nitrogen and oxygen atoms in total. The summed E-state index contributed by atoms with van der Waals surface area (Å²) in [5.74, 6) is -1.67. The van der Waals surface area contributed by atoms with Crippen LogP contribution in [0, 0.1) is 0 Å². The number of nitrogens with one attached hydrogen (secondary N) is 1. The van der Waals surface area contributed by atoms with E-state index in [9.17, 15) is 17.4 Å². The number of alkyl halides is 3. The van der Waals surface area contributed by atoms with Gasteiger partial charge in [0.15, 0.2) is 5.82 Å². The van der Waals surface area contributed by atoms with Gasteiger partial charge in [0, 0.05) is 10.8 Å². The normalized spacial score (nSPS) is 14.4. The van der Waals surface area contributed by atoms with Crippen LogP contribution in [0.1, 0.15) is 5.82 Å². The van der Waals surface area contributed by atoms with Crippen molar-refractivity contribution < 1.29 is 17.4 Å². The zero-order chi connectivity index (χ0) is 9.90. The summed E-state index contributed by atoms with van der Waals surface area (Å²) in [4.78, 5) is 0. The molecule has 0 saturated carbocycles. The molecule has 74 valence electrons. The largest absolute Gasteiger partial charge is 0.400 e. The van der Waals surface area contributed by atoms with E-state index in [1.807, 2.05) is 0 Å². The van der Waals surface area contributed by atoms with E-state index < -0.39 is 22.7 Å². The van der Waals surface area contributed by atoms with Gasteiger partial charge in [-0.15, -0.1) is 10.2 Å². The van der Waals surface area contributed by atoms with E-state index in [1.165, 1.54) is 0 Å². The van der Waals surface area contributed by atoms with Gasteiger partial charge < -0.3 is 0 Å². The Kier molecular flexibility index (Phi) is 2.96. The standard InChI is InChI=1S/C4H5F3N4OS/c5-4(6,7)2-13(12)1-3-8-10-11-9-3/h1-2H2,(H,8,9,10,11). The lowest BCUT2D eigenvalue weighted by atomic mass is 10.7. The Labute approximate surface area is 73.2 Å². The van der Waals surface area contributed by atoms with E-state index in [2.05, 4.69) is 20.6 Å². The topological polar surface area (TPSA) is 71.5 Å². The van der Waals surface area contributed by atoms with Gasteiger partial charge >= 0.3 is 6.18 Å². The molecule has 1 atom stereocenters. The summed E-state index contributed by atoms with van der Waals surface area (Å²) in [6.07, 6.45) is -4.42. The number of rotatable bonds is 3. The van der Waals surface area contributed by atoms with Gasteiger partial charge in [-0.05, 0) is 0 Å². The highest BCUT2D eigenvalue weighted by molar-refractivity contribution is 7.84. The molecule has 1 heterocycles. The minimum Gasteiger partial charge on any atom is -0.259 e. The second-order valence-electron chi connectivity index (χ2n) is 2.17. The molecule has 13 heavy (non-hydrogen) atoms. The third kappa shape index (κ3) is 3.97. The van der Waals surface area contributed by atoms with Crippen LogP contribution in [0.25, 0.3) is 0 Å². The fourth-order valence-electron chi connectivity index (χ4n) is 0.621. The smallest absolute Gasteiger partial charge is 0.259 e. The number of hydrogen-bond donors (Lipinski definition) is 1. The summed E-state index contributed by atoms with van der Waals surface area (Å²) in [6, 6.07) is 0. The average molecular weight is 214 g/mol. The predicted octanol–water partition coefficient (Wildman–Crippen LogP) is 0.0107. The van der Waals surface area contributed by atoms with Gasteiger partial charge in [-0.1, -0.05) is 5.21 Å². The fourth-order valence-corrected chi connectivity index (χ4v) is 1.50. The Hall–Kier alpha value is -0.990. The first-order valence-corrected chi connectivity index (χ1v) is 4.60. The van der Waals surface area contributed by atoms with Crippen LogP contribution in [0.15, 0.2) is 0 Å². The average Bonchev–Trinajstić information content (AvgIpc) is 2.34. The number of halogens is 3. The molecule has 0 aliphatic heterocycles. The van der Waals surface area contributed by atoms with E-state index in [0.717, 1.165) is 0 Å². The third-order valence-corrected chi connectivity index (χ3v) is 2.23. The van der Waals surface area contributed by atoms with Crippen molar-refractivity contribution in [2.45, 2.75) is 11.9 Å². The van der Waals surface area contributed by atoms with Crippen LogP contribution in [-0.4, -0.2) is 36.8 Å². The zero-order valence-electron chi connectivity index (χ0n) is 6.21. The molecule has 0 radical (unpaired) electrons. The molecule has 0 bridgehead atoms. The Morgan fingerprint density at radius 2 is 2.15 bits per heavy atom. The highest BCUT2D eigenvalue weighted by Gasteiger charge is 2.30. The van der Waals surface area contributed by atoms with Crippen molar-refractivity contribution in [1.82, 2.24) is 20.6 Å². The molecule has 0 aliphatic carbocycles. The van der Waals surface area contributed by atoms with E-state index in [0.29, 0.717) is 0 Å². The number of H-pyrrole nitrogens is 1. The number of aromatic amines is 1. The van der Waals surface area contributed by atoms with Crippen molar-refractivity contribution in [1.29, 1.82) is 0 Å². The van der Waals surface area contributed by atoms with Gasteiger partial charge in [-0.2, -0.15) is 18.4 Å². The van der Waals surface area contributed by atoms with E-state index in [1.54, 1.807) is 0 Å². The summed E-state index contributed by atoms with van der Waals surface area (Å²) < 4.78 is 45.8. The maximum atomic E-state index is 11.7. The van der Waals surface area contributed by atoms with Crippen molar-refractivity contribution in [3.8, 4) is 0 Å². The molecule has 1 N–H and O–H groups in total. The van der Waals surface area contributed by atoms with E-state index >= 15 is 0 Å². The number of tetrazole rings is 1. The highest BCUT2D eigenvalue weighted by atomic mass is 32.2. The molecule has 1 rings (SSSR count). The van der Waals surface area contributed by atoms with Gasteiger partial charge in [-0.25, -0.2) is 0 Å². The second kappa shape index (κ2) is 3.81. The lowest BCUT2D eigenvalue weighted by molar-refractivity contribution is -0.105. The fraction of sp³-hybridized carbons (Fsp3) is 0.750. The lowest BCUT2D eigenvalue weighted by Crippen LogP contribution is -2.19. The maximum absolute atomic E-state index is 11.7. The van der Waals surface area contributed by atoms with Crippen LogP contribution in [-0.2, 0) is 16.6 Å². The monoisotopic (exact) mass is 214 g/mol. The summed E-state index contributed by atoms with van der Waals surface area (Å²) in [6.45, 7) is 0. The molecule has 0 spiro atoms. The first-order valence-electron chi connectivity index (χ1n) is 3.11. The molecular formula is C4H5F3N4OS. The van der Waals surface area contributed by atoms with Gasteiger partial charge in [-0.3, -0.25) is 4.21 Å². The van der Waals surface area contributed by atoms with E-state index in [4.69, 9.17) is 0 Å².